The van der Waals surface area contributed by atoms with Gasteiger partial charge in [0.15, 0.2) is 0 Å². The molecule has 0 fully saturated rings. The molecule has 211 valence electrons. The molecule has 7 heteroatoms. The summed E-state index contributed by atoms with van der Waals surface area (Å²) in [7, 11) is -1.23. The molecule has 0 aliphatic heterocycles. The molecule has 0 saturated carbocycles. The minimum Gasteiger partial charge on any atom is -0.500 e. The number of hydrogen-bond donors (Lipinski definition) is 0. The first-order valence-electron chi connectivity index (χ1n) is 13.5. The van der Waals surface area contributed by atoms with Gasteiger partial charge in [-0.2, -0.15) is 0 Å². The Morgan fingerprint density at radius 1 is 0.854 bits per heavy atom. The fourth-order valence-electron chi connectivity index (χ4n) is 4.41. The fraction of sp³-hybridized carbons (Fsp3) is 0.176. The first-order chi connectivity index (χ1) is 19.4. The molecule has 0 unspecified atom stereocenters. The van der Waals surface area contributed by atoms with Gasteiger partial charge in [-0.25, -0.2) is 8.78 Å². The molecule has 0 saturated heterocycles. The Labute approximate surface area is 255 Å². The van der Waals surface area contributed by atoms with Crippen LogP contribution in [0.2, 0.25) is 19.6 Å². The third kappa shape index (κ3) is 6.70. The van der Waals surface area contributed by atoms with Gasteiger partial charge < -0.3 is 14.4 Å². The van der Waals surface area contributed by atoms with E-state index in [2.05, 4.69) is 53.9 Å². The average Bonchev–Trinajstić information content (AvgIpc) is 3.31. The van der Waals surface area contributed by atoms with E-state index in [4.69, 9.17) is 5.79 Å². The summed E-state index contributed by atoms with van der Waals surface area (Å²) in [6.07, 6.45) is 3.12. The first kappa shape index (κ1) is 29.0. The molecule has 0 bridgehead atoms. The summed E-state index contributed by atoms with van der Waals surface area (Å²) in [5.41, 5.74) is 4.26. The molecule has 3 aromatic heterocycles. The summed E-state index contributed by atoms with van der Waals surface area (Å²) in [4.78, 5) is 8.66. The molecule has 6 aromatic rings. The third-order valence-electron chi connectivity index (χ3n) is 6.66. The summed E-state index contributed by atoms with van der Waals surface area (Å²) in [5, 5.41) is 2.99. The third-order valence-corrected chi connectivity index (χ3v) is 8.69. The van der Waals surface area contributed by atoms with Crippen molar-refractivity contribution < 1.29 is 34.7 Å². The van der Waals surface area contributed by atoms with Crippen LogP contribution in [0.3, 0.4) is 0 Å². The van der Waals surface area contributed by atoms with Gasteiger partial charge in [0.1, 0.15) is 17.2 Å². The van der Waals surface area contributed by atoms with Gasteiger partial charge in [-0.1, -0.05) is 62.6 Å². The molecule has 3 aromatic carbocycles. The molecule has 6 rings (SSSR count). The van der Waals surface area contributed by atoms with Crippen LogP contribution in [-0.2, 0) is 20.1 Å². The number of pyridine rings is 2. The van der Waals surface area contributed by atoms with Crippen LogP contribution >= 0.6 is 0 Å². The SMILES string of the molecule is C[Si](C)(C)c1ccc(-c2[c-]cccc2)nc1.[2H]C(C)(C)c1cc(-c2[c-]ccc3c2oc2cc(F)ccc23)ncc1F.[Ir]. The number of aromatic nitrogens is 2. The predicted octanol–water partition coefficient (Wildman–Crippen LogP) is 8.94. The number of furan rings is 1. The first-order valence-corrected chi connectivity index (χ1v) is 16.5. The summed E-state index contributed by atoms with van der Waals surface area (Å²) < 4.78 is 41.5. The van der Waals surface area contributed by atoms with Crippen molar-refractivity contribution in [3.63, 3.8) is 0 Å². The zero-order chi connectivity index (χ0) is 29.4. The van der Waals surface area contributed by atoms with Crippen molar-refractivity contribution in [2.75, 3.05) is 0 Å². The van der Waals surface area contributed by atoms with Crippen molar-refractivity contribution in [1.82, 2.24) is 9.97 Å². The van der Waals surface area contributed by atoms with Crippen LogP contribution in [0, 0.1) is 23.8 Å². The van der Waals surface area contributed by atoms with Crippen LogP contribution in [-0.4, -0.2) is 18.0 Å². The van der Waals surface area contributed by atoms with E-state index in [-0.39, 0.29) is 31.5 Å². The number of nitrogens with zero attached hydrogens (tertiary/aromatic N) is 2. The summed E-state index contributed by atoms with van der Waals surface area (Å²) in [5.74, 6) is -2.01. The van der Waals surface area contributed by atoms with E-state index < -0.39 is 19.8 Å². The Morgan fingerprint density at radius 3 is 2.29 bits per heavy atom. The van der Waals surface area contributed by atoms with E-state index >= 15 is 0 Å². The molecule has 0 atom stereocenters. The van der Waals surface area contributed by atoms with Crippen LogP contribution in [0.5, 0.6) is 0 Å². The molecule has 41 heavy (non-hydrogen) atoms. The maximum Gasteiger partial charge on any atom is 0.143 e. The zero-order valence-corrected chi connectivity index (χ0v) is 26.9. The molecule has 0 aliphatic carbocycles. The van der Waals surface area contributed by atoms with Gasteiger partial charge in [0.25, 0.3) is 0 Å². The van der Waals surface area contributed by atoms with Gasteiger partial charge in [-0.05, 0) is 40.2 Å². The topological polar surface area (TPSA) is 38.9 Å². The summed E-state index contributed by atoms with van der Waals surface area (Å²) in [6.45, 7) is 10.2. The Kier molecular flexibility index (Phi) is 8.88. The largest absolute Gasteiger partial charge is 0.500 e. The van der Waals surface area contributed by atoms with Crippen molar-refractivity contribution in [2.45, 2.75) is 39.4 Å². The maximum absolute atomic E-state index is 14.0. The molecule has 0 spiro atoms. The quantitative estimate of drug-likeness (QED) is 0.134. The molecule has 1 radical (unpaired) electrons. The van der Waals surface area contributed by atoms with E-state index in [0.29, 0.717) is 22.4 Å². The second kappa shape index (κ2) is 12.6. The van der Waals surface area contributed by atoms with Crippen LogP contribution in [0.4, 0.5) is 8.78 Å². The van der Waals surface area contributed by atoms with E-state index in [0.717, 1.165) is 28.2 Å². The number of fused-ring (bicyclic) bond motifs is 3. The van der Waals surface area contributed by atoms with Crippen molar-refractivity contribution in [3.05, 3.63) is 115 Å². The Bertz CT molecular complexity index is 1830. The number of hydrogen-bond acceptors (Lipinski definition) is 3. The normalized spacial score (nSPS) is 11.9. The van der Waals surface area contributed by atoms with Crippen LogP contribution in [0.25, 0.3) is 44.5 Å². The number of benzene rings is 3. The van der Waals surface area contributed by atoms with Crippen LogP contribution < -0.4 is 5.19 Å². The van der Waals surface area contributed by atoms with Gasteiger partial charge in [0.05, 0.1) is 19.9 Å². The zero-order valence-electron chi connectivity index (χ0n) is 24.5. The average molecular weight is 742 g/mol. The molecule has 0 N–H and O–H groups in total. The fourth-order valence-corrected chi connectivity index (χ4v) is 5.45. The standard InChI is InChI=1S/C20H14F2NO.C14H16NSi.Ir/c1-11(2)16-9-18(23-10-17(16)22)15-5-3-4-14-13-7-6-12(21)8-19(13)24-20(14)15;1-16(2,3)13-9-10-14(15-11-13)12-7-5-4-6-8-12;/h3-4,6-11H,1-2H3;4-7,9-11H,1-3H3;/q2*-1;/i11D;;. The summed E-state index contributed by atoms with van der Waals surface area (Å²) >= 11 is 0. The molecule has 0 aliphatic rings. The van der Waals surface area contributed by atoms with E-state index in [1.165, 1.54) is 17.3 Å². The van der Waals surface area contributed by atoms with Crippen molar-refractivity contribution in [3.8, 4) is 22.5 Å². The van der Waals surface area contributed by atoms with Gasteiger partial charge in [-0.3, -0.25) is 0 Å². The van der Waals surface area contributed by atoms with Crippen LogP contribution in [0.15, 0.2) is 89.6 Å². The molecular formula is C34H30F2IrN2OSi-2. The van der Waals surface area contributed by atoms with Gasteiger partial charge >= 0.3 is 0 Å². The molecule has 3 heterocycles. The maximum atomic E-state index is 14.0. The second-order valence-electron chi connectivity index (χ2n) is 10.8. The van der Waals surface area contributed by atoms with E-state index in [9.17, 15) is 8.78 Å². The minimum atomic E-state index is -1.23. The van der Waals surface area contributed by atoms with Crippen molar-refractivity contribution in [2.24, 2.45) is 0 Å². The number of halogens is 2. The van der Waals surface area contributed by atoms with Crippen LogP contribution in [0.1, 0.15) is 26.7 Å². The Morgan fingerprint density at radius 2 is 1.63 bits per heavy atom. The molecular weight excluding hydrogens is 711 g/mol. The Balaban J connectivity index is 0.000000207. The Hall–Kier alpha value is -3.51. The molecule has 3 nitrogen and oxygen atoms in total. The second-order valence-corrected chi connectivity index (χ2v) is 15.9. The predicted molar refractivity (Wildman–Crippen MR) is 161 cm³/mol. The van der Waals surface area contributed by atoms with Gasteiger partial charge in [0.2, 0.25) is 0 Å². The van der Waals surface area contributed by atoms with Crippen molar-refractivity contribution >= 4 is 35.2 Å². The van der Waals surface area contributed by atoms with Crippen molar-refractivity contribution in [1.29, 1.82) is 0 Å². The smallest absolute Gasteiger partial charge is 0.143 e. The van der Waals surface area contributed by atoms with E-state index in [1.807, 2.05) is 36.5 Å². The van der Waals surface area contributed by atoms with Gasteiger partial charge in [-0.15, -0.1) is 54.1 Å². The van der Waals surface area contributed by atoms with Gasteiger partial charge in [0, 0.05) is 39.1 Å². The summed E-state index contributed by atoms with van der Waals surface area (Å²) in [6, 6.07) is 28.0. The number of rotatable bonds is 4. The van der Waals surface area contributed by atoms with E-state index in [1.54, 1.807) is 32.0 Å². The minimum absolute atomic E-state index is 0. The molecule has 0 amide bonds. The monoisotopic (exact) mass is 742 g/mol.